The smallest absolute Gasteiger partial charge is 0.299 e. The van der Waals surface area contributed by atoms with Crippen LogP contribution in [0.5, 0.6) is 0 Å². The Hall–Kier alpha value is -0.700. The van der Waals surface area contributed by atoms with E-state index in [2.05, 4.69) is 31.4 Å². The number of nitrogens with zero attached hydrogens (tertiary/aromatic N) is 2. The van der Waals surface area contributed by atoms with Gasteiger partial charge in [-0.2, -0.15) is 13.2 Å². The van der Waals surface area contributed by atoms with Gasteiger partial charge in [0, 0.05) is 0 Å². The van der Waals surface area contributed by atoms with Gasteiger partial charge >= 0.3 is 6.18 Å². The lowest BCUT2D eigenvalue weighted by atomic mass is 10.1. The van der Waals surface area contributed by atoms with E-state index in [-0.39, 0.29) is 5.13 Å². The lowest BCUT2D eigenvalue weighted by Gasteiger charge is -2.17. The molecule has 0 saturated carbocycles. The minimum Gasteiger partial charge on any atom is -0.299 e. The van der Waals surface area contributed by atoms with Crippen LogP contribution in [0.1, 0.15) is 25.3 Å². The van der Waals surface area contributed by atoms with Gasteiger partial charge in [0.1, 0.15) is 4.32 Å². The van der Waals surface area contributed by atoms with Crippen molar-refractivity contribution in [2.45, 2.75) is 30.8 Å². The van der Waals surface area contributed by atoms with Crippen LogP contribution in [-0.4, -0.2) is 20.4 Å². The summed E-state index contributed by atoms with van der Waals surface area (Å²) in [6, 6.07) is 0. The van der Waals surface area contributed by atoms with Gasteiger partial charge in [0.2, 0.25) is 16.0 Å². The SMILES string of the molecule is CCC(C)(Br)C(=O)Nc1nnc(C(F)(F)F)s1. The molecule has 0 aliphatic carbocycles. The molecule has 9 heteroatoms. The summed E-state index contributed by atoms with van der Waals surface area (Å²) in [5.74, 6) is -0.454. The van der Waals surface area contributed by atoms with Gasteiger partial charge in [-0.05, 0) is 13.3 Å². The highest BCUT2D eigenvalue weighted by molar-refractivity contribution is 9.10. The fourth-order valence-corrected chi connectivity index (χ4v) is 1.48. The Bertz CT molecular complexity index is 418. The Kier molecular flexibility index (Phi) is 4.13. The Morgan fingerprint density at radius 2 is 2.06 bits per heavy atom. The van der Waals surface area contributed by atoms with Gasteiger partial charge in [0.15, 0.2) is 0 Å². The first-order chi connectivity index (χ1) is 7.66. The second-order valence-corrected chi connectivity index (χ2v) is 6.14. The van der Waals surface area contributed by atoms with Gasteiger partial charge in [-0.15, -0.1) is 10.2 Å². The molecule has 0 spiro atoms. The molecule has 4 nitrogen and oxygen atoms in total. The molecule has 17 heavy (non-hydrogen) atoms. The van der Waals surface area contributed by atoms with E-state index in [4.69, 9.17) is 0 Å². The summed E-state index contributed by atoms with van der Waals surface area (Å²) in [4.78, 5) is 11.6. The van der Waals surface area contributed by atoms with Crippen LogP contribution in [0.15, 0.2) is 0 Å². The van der Waals surface area contributed by atoms with Gasteiger partial charge in [0.05, 0.1) is 0 Å². The number of anilines is 1. The lowest BCUT2D eigenvalue weighted by molar-refractivity contribution is -0.138. The number of aromatic nitrogens is 2. The van der Waals surface area contributed by atoms with Crippen LogP contribution >= 0.6 is 27.3 Å². The number of alkyl halides is 4. The molecule has 1 aromatic heterocycles. The summed E-state index contributed by atoms with van der Waals surface area (Å²) < 4.78 is 35.8. The monoisotopic (exact) mass is 331 g/mol. The molecule has 0 aliphatic heterocycles. The van der Waals surface area contributed by atoms with Crippen LogP contribution in [0.25, 0.3) is 0 Å². The maximum Gasteiger partial charge on any atom is 0.445 e. The Balaban J connectivity index is 2.77. The Labute approximate surface area is 108 Å². The van der Waals surface area contributed by atoms with Crippen molar-refractivity contribution in [1.82, 2.24) is 10.2 Å². The van der Waals surface area contributed by atoms with Crippen LogP contribution in [0, 0.1) is 0 Å². The number of carbonyl (C=O) groups is 1. The minimum atomic E-state index is -4.54. The van der Waals surface area contributed by atoms with Crippen molar-refractivity contribution < 1.29 is 18.0 Å². The minimum absolute atomic E-state index is 0.165. The fraction of sp³-hybridized carbons (Fsp3) is 0.625. The van der Waals surface area contributed by atoms with Crippen molar-refractivity contribution in [3.05, 3.63) is 5.01 Å². The number of amides is 1. The molecule has 0 saturated heterocycles. The molecule has 1 rings (SSSR count). The van der Waals surface area contributed by atoms with E-state index in [0.29, 0.717) is 17.8 Å². The first kappa shape index (κ1) is 14.4. The second-order valence-electron chi connectivity index (χ2n) is 3.42. The van der Waals surface area contributed by atoms with E-state index in [1.807, 2.05) is 0 Å². The van der Waals surface area contributed by atoms with Gasteiger partial charge in [0.25, 0.3) is 0 Å². The summed E-state index contributed by atoms with van der Waals surface area (Å²) in [7, 11) is 0. The van der Waals surface area contributed by atoms with Crippen molar-refractivity contribution >= 4 is 38.3 Å². The topological polar surface area (TPSA) is 54.9 Å². The molecule has 1 aromatic rings. The molecular weight excluding hydrogens is 323 g/mol. The molecule has 1 N–H and O–H groups in total. The third-order valence-corrected chi connectivity index (χ3v) is 3.83. The van der Waals surface area contributed by atoms with Crippen LogP contribution in [0.2, 0.25) is 0 Å². The maximum absolute atomic E-state index is 12.2. The van der Waals surface area contributed by atoms with E-state index in [0.717, 1.165) is 0 Å². The lowest BCUT2D eigenvalue weighted by Crippen LogP contribution is -2.33. The number of carbonyl (C=O) groups excluding carboxylic acids is 1. The molecule has 0 bridgehead atoms. The Morgan fingerprint density at radius 3 is 2.47 bits per heavy atom. The van der Waals surface area contributed by atoms with Crippen LogP contribution in [-0.2, 0) is 11.0 Å². The predicted molar refractivity (Wildman–Crippen MR) is 61.2 cm³/mol. The highest BCUT2D eigenvalue weighted by atomic mass is 79.9. The Morgan fingerprint density at radius 1 is 1.47 bits per heavy atom. The third kappa shape index (κ3) is 3.63. The zero-order valence-corrected chi connectivity index (χ0v) is 11.3. The van der Waals surface area contributed by atoms with Gasteiger partial charge in [-0.25, -0.2) is 0 Å². The molecule has 0 radical (unpaired) electrons. The summed E-state index contributed by atoms with van der Waals surface area (Å²) >= 11 is 3.47. The molecule has 96 valence electrons. The van der Waals surface area contributed by atoms with Crippen molar-refractivity contribution in [2.24, 2.45) is 0 Å². The van der Waals surface area contributed by atoms with E-state index >= 15 is 0 Å². The molecule has 1 atom stereocenters. The van der Waals surface area contributed by atoms with Crippen molar-refractivity contribution in [3.63, 3.8) is 0 Å². The normalized spacial score (nSPS) is 15.4. The predicted octanol–water partition coefficient (Wildman–Crippen LogP) is 3.06. The van der Waals surface area contributed by atoms with Gasteiger partial charge in [-0.3, -0.25) is 10.1 Å². The van der Waals surface area contributed by atoms with Crippen LogP contribution in [0.3, 0.4) is 0 Å². The average Bonchev–Trinajstić information content (AvgIpc) is 2.65. The first-order valence-electron chi connectivity index (χ1n) is 4.58. The fourth-order valence-electron chi connectivity index (χ4n) is 0.776. The third-order valence-electron chi connectivity index (χ3n) is 2.03. The number of hydrogen-bond acceptors (Lipinski definition) is 4. The van der Waals surface area contributed by atoms with Crippen LogP contribution < -0.4 is 5.32 Å². The zero-order chi connectivity index (χ0) is 13.3. The van der Waals surface area contributed by atoms with E-state index < -0.39 is 21.4 Å². The molecular formula is C8H9BrF3N3OS. The number of nitrogens with one attached hydrogen (secondary N) is 1. The molecule has 0 fully saturated rings. The molecule has 0 aliphatic rings. The van der Waals surface area contributed by atoms with Gasteiger partial charge in [-0.1, -0.05) is 34.2 Å². The van der Waals surface area contributed by atoms with Gasteiger partial charge < -0.3 is 0 Å². The number of hydrogen-bond donors (Lipinski definition) is 1. The average molecular weight is 332 g/mol. The van der Waals surface area contributed by atoms with Crippen LogP contribution in [0.4, 0.5) is 18.3 Å². The largest absolute Gasteiger partial charge is 0.445 e. The summed E-state index contributed by atoms with van der Waals surface area (Å²) in [6.45, 7) is 3.39. The number of rotatable bonds is 3. The summed E-state index contributed by atoms with van der Waals surface area (Å²) in [6.07, 6.45) is -4.05. The van der Waals surface area contributed by atoms with Crippen molar-refractivity contribution in [3.8, 4) is 0 Å². The number of halogens is 4. The zero-order valence-electron chi connectivity index (χ0n) is 8.93. The summed E-state index contributed by atoms with van der Waals surface area (Å²) in [5.41, 5.74) is 0. The standard InChI is InChI=1S/C8H9BrF3N3OS/c1-3-7(2,9)4(16)13-6-15-14-5(17-6)8(10,11)12/h3H2,1-2H3,(H,13,15,16). The van der Waals surface area contributed by atoms with Crippen molar-refractivity contribution in [1.29, 1.82) is 0 Å². The summed E-state index contributed by atoms with van der Waals surface area (Å²) in [5, 5.41) is 7.26. The quantitative estimate of drug-likeness (QED) is 0.866. The molecule has 1 heterocycles. The second kappa shape index (κ2) is 4.89. The highest BCUT2D eigenvalue weighted by Gasteiger charge is 2.36. The van der Waals surface area contributed by atoms with E-state index in [1.165, 1.54) is 0 Å². The van der Waals surface area contributed by atoms with Crippen molar-refractivity contribution in [2.75, 3.05) is 5.32 Å². The van der Waals surface area contributed by atoms with E-state index in [1.54, 1.807) is 13.8 Å². The first-order valence-corrected chi connectivity index (χ1v) is 6.19. The highest BCUT2D eigenvalue weighted by Crippen LogP contribution is 2.33. The maximum atomic E-state index is 12.2. The molecule has 1 amide bonds. The molecule has 1 unspecified atom stereocenters. The molecule has 0 aromatic carbocycles. The van der Waals surface area contributed by atoms with E-state index in [9.17, 15) is 18.0 Å².